The van der Waals surface area contributed by atoms with E-state index >= 15 is 0 Å². The third-order valence-electron chi connectivity index (χ3n) is 3.69. The highest BCUT2D eigenvalue weighted by Crippen LogP contribution is 2.15. The number of nitrogens with zero attached hydrogens (tertiary/aromatic N) is 2. The molecule has 2 rings (SSSR count). The van der Waals surface area contributed by atoms with Crippen molar-refractivity contribution in [3.05, 3.63) is 28.7 Å². The Labute approximate surface area is 153 Å². The Morgan fingerprint density at radius 3 is 2.43 bits per heavy atom. The van der Waals surface area contributed by atoms with Crippen LogP contribution in [0.2, 0.25) is 0 Å². The zero-order chi connectivity index (χ0) is 15.8. The molecule has 1 atom stereocenters. The van der Waals surface area contributed by atoms with Crippen molar-refractivity contribution in [3.63, 3.8) is 0 Å². The second-order valence-electron chi connectivity index (χ2n) is 5.64. The zero-order valence-electron chi connectivity index (χ0n) is 13.5. The summed E-state index contributed by atoms with van der Waals surface area (Å²) in [6, 6.07) is 7.70. The maximum Gasteiger partial charge on any atom is 0.119 e. The molecule has 0 aliphatic carbocycles. The molecule has 0 saturated carbocycles. The van der Waals surface area contributed by atoms with Crippen LogP contribution in [0.15, 0.2) is 28.7 Å². The summed E-state index contributed by atoms with van der Waals surface area (Å²) in [7, 11) is 2.13. The Hall–Kier alpha value is -0.370. The van der Waals surface area contributed by atoms with E-state index < -0.39 is 6.10 Å². The Bertz CT molecular complexity index is 428. The molecule has 1 heterocycles. The largest absolute Gasteiger partial charge is 0.491 e. The van der Waals surface area contributed by atoms with Crippen LogP contribution < -0.4 is 4.74 Å². The fraction of sp³-hybridized carbons (Fsp3) is 0.625. The molecular weight excluding hydrogens is 384 g/mol. The van der Waals surface area contributed by atoms with Gasteiger partial charge in [0.05, 0.1) is 19.3 Å². The van der Waals surface area contributed by atoms with Crippen LogP contribution in [-0.4, -0.2) is 80.6 Å². The summed E-state index contributed by atoms with van der Waals surface area (Å²) in [5, 5.41) is 9.99. The second kappa shape index (κ2) is 11.2. The van der Waals surface area contributed by atoms with Crippen molar-refractivity contribution < 1.29 is 14.6 Å². The summed E-state index contributed by atoms with van der Waals surface area (Å²) in [5.41, 5.74) is 0. The number of aliphatic hydroxyl groups is 1. The molecule has 1 N–H and O–H groups in total. The molecule has 1 aromatic rings. The lowest BCUT2D eigenvalue weighted by Gasteiger charge is -2.33. The highest BCUT2D eigenvalue weighted by atomic mass is 79.9. The van der Waals surface area contributed by atoms with Gasteiger partial charge in [0.15, 0.2) is 0 Å². The van der Waals surface area contributed by atoms with E-state index in [0.717, 1.165) is 36.4 Å². The number of hydrogen-bond acceptors (Lipinski definition) is 5. The van der Waals surface area contributed by atoms with Crippen LogP contribution in [-0.2, 0) is 4.74 Å². The van der Waals surface area contributed by atoms with Gasteiger partial charge in [-0.2, -0.15) is 0 Å². The number of benzene rings is 1. The molecule has 0 spiro atoms. The van der Waals surface area contributed by atoms with Gasteiger partial charge in [-0.25, -0.2) is 0 Å². The molecule has 5 nitrogen and oxygen atoms in total. The third-order valence-corrected chi connectivity index (χ3v) is 4.21. The van der Waals surface area contributed by atoms with Gasteiger partial charge in [-0.1, -0.05) is 15.9 Å². The van der Waals surface area contributed by atoms with E-state index in [0.29, 0.717) is 26.4 Å². The monoisotopic (exact) mass is 408 g/mol. The van der Waals surface area contributed by atoms with Gasteiger partial charge in [-0.05, 0) is 31.3 Å². The molecule has 1 aliphatic rings. The van der Waals surface area contributed by atoms with Gasteiger partial charge in [-0.3, -0.25) is 4.90 Å². The first-order chi connectivity index (χ1) is 10.6. The average molecular weight is 410 g/mol. The van der Waals surface area contributed by atoms with E-state index in [1.807, 2.05) is 24.3 Å². The van der Waals surface area contributed by atoms with Crippen LogP contribution in [0.5, 0.6) is 5.75 Å². The third kappa shape index (κ3) is 8.33. The zero-order valence-corrected chi connectivity index (χ0v) is 15.9. The maximum atomic E-state index is 9.99. The van der Waals surface area contributed by atoms with Crippen LogP contribution >= 0.6 is 28.3 Å². The molecule has 0 aromatic heterocycles. The van der Waals surface area contributed by atoms with Gasteiger partial charge in [0.25, 0.3) is 0 Å². The predicted octanol–water partition coefficient (Wildman–Crippen LogP) is 1.87. The van der Waals surface area contributed by atoms with E-state index in [1.165, 1.54) is 0 Å². The van der Waals surface area contributed by atoms with Crippen molar-refractivity contribution in [1.82, 2.24) is 9.80 Å². The van der Waals surface area contributed by atoms with E-state index in [2.05, 4.69) is 32.8 Å². The second-order valence-corrected chi connectivity index (χ2v) is 6.55. The number of ether oxygens (including phenoxy) is 2. The first-order valence-corrected chi connectivity index (χ1v) is 8.48. The van der Waals surface area contributed by atoms with Crippen molar-refractivity contribution >= 4 is 28.3 Å². The normalized spacial score (nSPS) is 17.5. The lowest BCUT2D eigenvalue weighted by atomic mass is 10.3. The summed E-state index contributed by atoms with van der Waals surface area (Å²) in [6.45, 7) is 6.17. The summed E-state index contributed by atoms with van der Waals surface area (Å²) < 4.78 is 12.1. The SMILES string of the molecule is CN1CCN(CC(O)COCCOc2ccc(Br)cc2)CC1.Cl. The fourth-order valence-electron chi connectivity index (χ4n) is 2.35. The van der Waals surface area contributed by atoms with Crippen molar-refractivity contribution in [2.24, 2.45) is 0 Å². The summed E-state index contributed by atoms with van der Waals surface area (Å²) in [6.07, 6.45) is -0.434. The summed E-state index contributed by atoms with van der Waals surface area (Å²) in [5.74, 6) is 0.824. The topological polar surface area (TPSA) is 45.2 Å². The molecule has 0 amide bonds. The molecular formula is C16H26BrClN2O3. The quantitative estimate of drug-likeness (QED) is 0.664. The van der Waals surface area contributed by atoms with Crippen molar-refractivity contribution in [3.8, 4) is 5.75 Å². The summed E-state index contributed by atoms with van der Waals surface area (Å²) >= 11 is 3.38. The molecule has 132 valence electrons. The van der Waals surface area contributed by atoms with Crippen molar-refractivity contribution in [2.45, 2.75) is 6.10 Å². The Morgan fingerprint density at radius 1 is 1.13 bits per heavy atom. The van der Waals surface area contributed by atoms with E-state index in [4.69, 9.17) is 9.47 Å². The van der Waals surface area contributed by atoms with Gasteiger partial charge in [0.1, 0.15) is 12.4 Å². The molecule has 7 heteroatoms. The van der Waals surface area contributed by atoms with Crippen LogP contribution in [0.1, 0.15) is 0 Å². The average Bonchev–Trinajstić information content (AvgIpc) is 2.51. The van der Waals surface area contributed by atoms with E-state index in [1.54, 1.807) is 0 Å². The highest BCUT2D eigenvalue weighted by Gasteiger charge is 2.16. The van der Waals surface area contributed by atoms with Crippen LogP contribution in [0.3, 0.4) is 0 Å². The number of piperazine rings is 1. The number of likely N-dealkylation sites (N-methyl/N-ethyl adjacent to an activating group) is 1. The molecule has 23 heavy (non-hydrogen) atoms. The maximum absolute atomic E-state index is 9.99. The fourth-order valence-corrected chi connectivity index (χ4v) is 2.61. The lowest BCUT2D eigenvalue weighted by molar-refractivity contribution is 0.00149. The number of halogens is 2. The number of aliphatic hydroxyl groups excluding tert-OH is 1. The number of hydrogen-bond donors (Lipinski definition) is 1. The number of β-amino-alcohol motifs (C(OH)–C–C–N with tert-alkyl or cyclic N) is 1. The minimum atomic E-state index is -0.434. The Balaban J connectivity index is 0.00000264. The standard InChI is InChI=1S/C16H25BrN2O3.ClH/c1-18-6-8-19(9-7-18)12-15(20)13-21-10-11-22-16-4-2-14(17)3-5-16;/h2-5,15,20H,6-13H2,1H3;1H. The Morgan fingerprint density at radius 2 is 1.78 bits per heavy atom. The van der Waals surface area contributed by atoms with Crippen molar-refractivity contribution in [1.29, 1.82) is 0 Å². The van der Waals surface area contributed by atoms with E-state index in [-0.39, 0.29) is 12.4 Å². The van der Waals surface area contributed by atoms with Gasteiger partial charge >= 0.3 is 0 Å². The minimum Gasteiger partial charge on any atom is -0.491 e. The van der Waals surface area contributed by atoms with Crippen LogP contribution in [0, 0.1) is 0 Å². The molecule has 0 bridgehead atoms. The molecule has 1 unspecified atom stereocenters. The van der Waals surface area contributed by atoms with Crippen LogP contribution in [0.25, 0.3) is 0 Å². The molecule has 1 fully saturated rings. The van der Waals surface area contributed by atoms with Gasteiger partial charge in [0, 0.05) is 37.2 Å². The van der Waals surface area contributed by atoms with Crippen LogP contribution in [0.4, 0.5) is 0 Å². The first kappa shape index (κ1) is 20.7. The van der Waals surface area contributed by atoms with Gasteiger partial charge in [0.2, 0.25) is 0 Å². The smallest absolute Gasteiger partial charge is 0.119 e. The van der Waals surface area contributed by atoms with Gasteiger partial charge < -0.3 is 19.5 Å². The van der Waals surface area contributed by atoms with E-state index in [9.17, 15) is 5.11 Å². The predicted molar refractivity (Wildman–Crippen MR) is 97.6 cm³/mol. The summed E-state index contributed by atoms with van der Waals surface area (Å²) in [4.78, 5) is 4.59. The Kier molecular flexibility index (Phi) is 10.1. The molecule has 1 saturated heterocycles. The number of rotatable bonds is 8. The minimum absolute atomic E-state index is 0. The van der Waals surface area contributed by atoms with Gasteiger partial charge in [-0.15, -0.1) is 12.4 Å². The lowest BCUT2D eigenvalue weighted by Crippen LogP contribution is -2.47. The van der Waals surface area contributed by atoms with Crippen molar-refractivity contribution in [2.75, 3.05) is 59.6 Å². The molecule has 1 aromatic carbocycles. The first-order valence-electron chi connectivity index (χ1n) is 7.68. The highest BCUT2D eigenvalue weighted by molar-refractivity contribution is 9.10. The molecule has 0 radical (unpaired) electrons. The molecule has 1 aliphatic heterocycles.